The van der Waals surface area contributed by atoms with Gasteiger partial charge in [-0.1, -0.05) is 76.0 Å². The van der Waals surface area contributed by atoms with Gasteiger partial charge in [0, 0.05) is 12.3 Å². The van der Waals surface area contributed by atoms with Crippen molar-refractivity contribution >= 4 is 21.6 Å². The van der Waals surface area contributed by atoms with E-state index in [0.29, 0.717) is 6.42 Å². The molecule has 1 saturated carbocycles. The molecule has 0 bridgehead atoms. The highest BCUT2D eigenvalue weighted by atomic mass is 28.4. The van der Waals surface area contributed by atoms with Crippen molar-refractivity contribution in [3.63, 3.8) is 0 Å². The molecule has 0 aromatic heterocycles. The predicted molar refractivity (Wildman–Crippen MR) is 114 cm³/mol. The van der Waals surface area contributed by atoms with Gasteiger partial charge in [-0.3, -0.25) is 0 Å². The van der Waals surface area contributed by atoms with Gasteiger partial charge in [0.15, 0.2) is 8.32 Å². The maximum Gasteiger partial charge on any atom is 0.192 e. The van der Waals surface area contributed by atoms with E-state index in [0.717, 1.165) is 11.6 Å². The Balaban J connectivity index is 2.23. The predicted octanol–water partition coefficient (Wildman–Crippen LogP) is 4.93. The standard InChI is InChI=1S/C21H36O2Si2/c1-16-18(15-24(5,6)17-12-10-9-11-13-17)20(14-19(16)22)23-25(7,8)21(2,3)4/h9-13,18-20,22H,1,14-15H2,2-8H3/t18-,19+,20-/m0/s1. The number of rotatable bonds is 5. The van der Waals surface area contributed by atoms with Crippen molar-refractivity contribution in [3.05, 3.63) is 42.5 Å². The summed E-state index contributed by atoms with van der Waals surface area (Å²) in [5.74, 6) is 0.269. The first-order valence-corrected chi connectivity index (χ1v) is 15.6. The molecule has 0 aliphatic heterocycles. The van der Waals surface area contributed by atoms with Crippen molar-refractivity contribution in [2.75, 3.05) is 0 Å². The fourth-order valence-electron chi connectivity index (χ4n) is 3.53. The van der Waals surface area contributed by atoms with E-state index in [1.165, 1.54) is 5.19 Å². The van der Waals surface area contributed by atoms with E-state index >= 15 is 0 Å². The average molecular weight is 377 g/mol. The molecule has 1 N–H and O–H groups in total. The molecule has 1 aromatic rings. The summed E-state index contributed by atoms with van der Waals surface area (Å²) in [5.41, 5.74) is 0.986. The van der Waals surface area contributed by atoms with Gasteiger partial charge in [0.05, 0.1) is 20.3 Å². The molecule has 0 unspecified atom stereocenters. The first kappa shape index (κ1) is 20.6. The van der Waals surface area contributed by atoms with Crippen molar-refractivity contribution < 1.29 is 9.53 Å². The van der Waals surface area contributed by atoms with Gasteiger partial charge in [-0.05, 0) is 29.7 Å². The summed E-state index contributed by atoms with van der Waals surface area (Å²) in [6, 6.07) is 11.9. The molecular formula is C21H36O2Si2. The first-order valence-electron chi connectivity index (χ1n) is 9.45. The molecular weight excluding hydrogens is 340 g/mol. The third-order valence-electron chi connectivity index (χ3n) is 6.35. The smallest absolute Gasteiger partial charge is 0.192 e. The Kier molecular flexibility index (Phi) is 5.89. The second kappa shape index (κ2) is 7.14. The van der Waals surface area contributed by atoms with Gasteiger partial charge in [-0.15, -0.1) is 0 Å². The zero-order valence-corrected chi connectivity index (χ0v) is 19.1. The van der Waals surface area contributed by atoms with Crippen LogP contribution in [0.5, 0.6) is 0 Å². The molecule has 1 fully saturated rings. The summed E-state index contributed by atoms with van der Waals surface area (Å²) in [6.07, 6.45) is 0.397. The van der Waals surface area contributed by atoms with E-state index in [1.807, 2.05) is 0 Å². The summed E-state index contributed by atoms with van der Waals surface area (Å²) in [5, 5.41) is 12.1. The fraction of sp³-hybridized carbons (Fsp3) is 0.619. The number of benzene rings is 1. The van der Waals surface area contributed by atoms with E-state index in [4.69, 9.17) is 4.43 Å². The number of aliphatic hydroxyl groups is 1. The van der Waals surface area contributed by atoms with Crippen molar-refractivity contribution in [1.82, 2.24) is 0 Å². The minimum Gasteiger partial charge on any atom is -0.413 e. The lowest BCUT2D eigenvalue weighted by molar-refractivity contribution is 0.130. The normalized spacial score (nSPS) is 25.4. The molecule has 0 radical (unpaired) electrons. The molecule has 1 aliphatic rings. The van der Waals surface area contributed by atoms with Gasteiger partial charge in [0.2, 0.25) is 0 Å². The second-order valence-corrected chi connectivity index (χ2v) is 19.3. The molecule has 25 heavy (non-hydrogen) atoms. The van der Waals surface area contributed by atoms with Crippen LogP contribution in [0.3, 0.4) is 0 Å². The number of hydrogen-bond donors (Lipinski definition) is 1. The van der Waals surface area contributed by atoms with E-state index in [-0.39, 0.29) is 17.1 Å². The lowest BCUT2D eigenvalue weighted by Gasteiger charge is -2.40. The van der Waals surface area contributed by atoms with Gasteiger partial charge < -0.3 is 9.53 Å². The van der Waals surface area contributed by atoms with Crippen LogP contribution < -0.4 is 5.19 Å². The van der Waals surface area contributed by atoms with Crippen LogP contribution in [0.4, 0.5) is 0 Å². The Morgan fingerprint density at radius 2 is 1.68 bits per heavy atom. The maximum absolute atomic E-state index is 10.5. The summed E-state index contributed by atoms with van der Waals surface area (Å²) in [4.78, 5) is 0. The highest BCUT2D eigenvalue weighted by molar-refractivity contribution is 6.89. The molecule has 4 heteroatoms. The van der Waals surface area contributed by atoms with Gasteiger partial charge in [-0.25, -0.2) is 0 Å². The molecule has 1 aliphatic carbocycles. The summed E-state index contributed by atoms with van der Waals surface area (Å²) in [7, 11) is -3.48. The maximum atomic E-state index is 10.5. The first-order chi connectivity index (χ1) is 11.3. The Labute approximate surface area is 156 Å². The van der Waals surface area contributed by atoms with Gasteiger partial charge >= 0.3 is 0 Å². The van der Waals surface area contributed by atoms with Crippen LogP contribution in [0, 0.1) is 5.92 Å². The van der Waals surface area contributed by atoms with Crippen molar-refractivity contribution in [3.8, 4) is 0 Å². The molecule has 0 saturated heterocycles. The van der Waals surface area contributed by atoms with Gasteiger partial charge in [0.25, 0.3) is 0 Å². The third kappa shape index (κ3) is 4.54. The van der Waals surface area contributed by atoms with Crippen LogP contribution in [0.2, 0.25) is 37.3 Å². The summed E-state index contributed by atoms with van der Waals surface area (Å²) in [6.45, 7) is 20.5. The zero-order chi connectivity index (χ0) is 19.0. The Bertz CT molecular complexity index is 602. The largest absolute Gasteiger partial charge is 0.413 e. The van der Waals surface area contributed by atoms with Crippen LogP contribution >= 0.6 is 0 Å². The minimum atomic E-state index is -1.86. The van der Waals surface area contributed by atoms with E-state index in [1.54, 1.807) is 0 Å². The quantitative estimate of drug-likeness (QED) is 0.583. The number of hydrogen-bond acceptors (Lipinski definition) is 2. The minimum absolute atomic E-state index is 0.110. The topological polar surface area (TPSA) is 29.5 Å². The van der Waals surface area contributed by atoms with Crippen molar-refractivity contribution in [2.45, 2.75) is 76.7 Å². The van der Waals surface area contributed by atoms with Crippen molar-refractivity contribution in [1.29, 1.82) is 0 Å². The molecule has 1 aromatic carbocycles. The molecule has 2 rings (SSSR count). The molecule has 140 valence electrons. The molecule has 0 amide bonds. The number of aliphatic hydroxyl groups excluding tert-OH is 1. The van der Waals surface area contributed by atoms with Gasteiger partial charge in [0.1, 0.15) is 0 Å². The Hall–Kier alpha value is -0.686. The summed E-state index contributed by atoms with van der Waals surface area (Å²) >= 11 is 0. The molecule has 3 atom stereocenters. The fourth-order valence-corrected chi connectivity index (χ4v) is 7.85. The van der Waals surface area contributed by atoms with Crippen LogP contribution in [0.15, 0.2) is 42.5 Å². The van der Waals surface area contributed by atoms with Crippen LogP contribution in [-0.2, 0) is 4.43 Å². The highest BCUT2D eigenvalue weighted by Gasteiger charge is 2.46. The highest BCUT2D eigenvalue weighted by Crippen LogP contribution is 2.44. The molecule has 0 heterocycles. The average Bonchev–Trinajstić information content (AvgIpc) is 2.74. The Morgan fingerprint density at radius 1 is 1.12 bits per heavy atom. The monoisotopic (exact) mass is 376 g/mol. The van der Waals surface area contributed by atoms with Crippen LogP contribution in [-0.4, -0.2) is 33.7 Å². The lowest BCUT2D eigenvalue weighted by Crippen LogP contribution is -2.48. The Morgan fingerprint density at radius 3 is 2.20 bits per heavy atom. The molecule has 0 spiro atoms. The SMILES string of the molecule is C=C1[C@H](O)C[C@H](O[Si](C)(C)C(C)(C)C)[C@H]1C[Si](C)(C)c1ccccc1. The lowest BCUT2D eigenvalue weighted by atomic mass is 10.0. The van der Waals surface area contributed by atoms with E-state index in [2.05, 4.69) is 83.9 Å². The van der Waals surface area contributed by atoms with Crippen molar-refractivity contribution in [2.24, 2.45) is 5.92 Å². The second-order valence-electron chi connectivity index (χ2n) is 9.80. The zero-order valence-electron chi connectivity index (χ0n) is 17.1. The summed E-state index contributed by atoms with van der Waals surface area (Å²) < 4.78 is 6.74. The van der Waals surface area contributed by atoms with Crippen LogP contribution in [0.1, 0.15) is 27.2 Å². The third-order valence-corrected chi connectivity index (χ3v) is 14.2. The van der Waals surface area contributed by atoms with Crippen LogP contribution in [0.25, 0.3) is 0 Å². The van der Waals surface area contributed by atoms with E-state index < -0.39 is 22.5 Å². The molecule has 2 nitrogen and oxygen atoms in total. The van der Waals surface area contributed by atoms with E-state index in [9.17, 15) is 5.11 Å². The van der Waals surface area contributed by atoms with Gasteiger partial charge in [-0.2, -0.15) is 0 Å².